The highest BCUT2D eigenvalue weighted by molar-refractivity contribution is 5.13. The predicted octanol–water partition coefficient (Wildman–Crippen LogP) is 0.246. The third kappa shape index (κ3) is 0.930. The molecule has 3 aliphatic rings. The van der Waals surface area contributed by atoms with Crippen molar-refractivity contribution in [2.75, 3.05) is 0 Å². The maximum absolute atomic E-state index is 9.66. The maximum atomic E-state index is 9.66. The average molecular weight is 197 g/mol. The Kier molecular flexibility index (Phi) is 1.77. The number of aliphatic hydroxyl groups is 2. The number of hydrogen-bond donors (Lipinski definition) is 3. The van der Waals surface area contributed by atoms with Crippen molar-refractivity contribution in [3.8, 4) is 0 Å². The molecule has 0 aliphatic heterocycles. The molecule has 3 rings (SSSR count). The normalized spacial score (nSPS) is 61.5. The summed E-state index contributed by atoms with van der Waals surface area (Å²) in [4.78, 5) is 0. The van der Waals surface area contributed by atoms with Gasteiger partial charge < -0.3 is 15.9 Å². The molecule has 14 heavy (non-hydrogen) atoms. The Morgan fingerprint density at radius 3 is 2.21 bits per heavy atom. The lowest BCUT2D eigenvalue weighted by Gasteiger charge is -2.39. The molecular weight excluding hydrogens is 178 g/mol. The maximum Gasteiger partial charge on any atom is 0.0805 e. The molecule has 0 aromatic heterocycles. The number of aliphatic hydroxyl groups excluding tert-OH is 2. The van der Waals surface area contributed by atoms with Crippen LogP contribution in [0, 0.1) is 17.3 Å². The van der Waals surface area contributed by atoms with Gasteiger partial charge in [0.1, 0.15) is 0 Å². The quantitative estimate of drug-likeness (QED) is 0.521. The van der Waals surface area contributed by atoms with E-state index in [1.165, 1.54) is 19.3 Å². The summed E-state index contributed by atoms with van der Waals surface area (Å²) >= 11 is 0. The summed E-state index contributed by atoms with van der Waals surface area (Å²) < 4.78 is 0. The van der Waals surface area contributed by atoms with Crippen molar-refractivity contribution in [1.29, 1.82) is 0 Å². The van der Waals surface area contributed by atoms with Crippen molar-refractivity contribution in [3.63, 3.8) is 0 Å². The van der Waals surface area contributed by atoms with Crippen LogP contribution in [0.1, 0.15) is 32.1 Å². The minimum atomic E-state index is -0.527. The molecule has 3 aliphatic carbocycles. The Morgan fingerprint density at radius 2 is 1.71 bits per heavy atom. The van der Waals surface area contributed by atoms with Crippen LogP contribution in [0.2, 0.25) is 0 Å². The molecule has 4 N–H and O–H groups in total. The van der Waals surface area contributed by atoms with Gasteiger partial charge in [-0.2, -0.15) is 0 Å². The van der Waals surface area contributed by atoms with E-state index in [-0.39, 0.29) is 11.5 Å². The Hall–Kier alpha value is -0.120. The standard InChI is InChI=1S/C11H19NO2/c12-10-6-1-2-7(3-6)11(10)4-8(13)9(14)5-11/h6-10,13-14H,1-5,12H2/t6?,7?,8-,9?,10?,11?/m0/s1. The van der Waals surface area contributed by atoms with Gasteiger partial charge in [-0.05, 0) is 49.4 Å². The first-order valence-corrected chi connectivity index (χ1v) is 5.75. The molecule has 0 radical (unpaired) electrons. The summed E-state index contributed by atoms with van der Waals surface area (Å²) in [5, 5.41) is 19.3. The van der Waals surface area contributed by atoms with E-state index < -0.39 is 12.2 Å². The topological polar surface area (TPSA) is 66.5 Å². The fraction of sp³-hybridized carbons (Fsp3) is 1.00. The fourth-order valence-corrected chi connectivity index (χ4v) is 4.35. The van der Waals surface area contributed by atoms with Gasteiger partial charge >= 0.3 is 0 Å². The second-order valence-electron chi connectivity index (χ2n) is 5.57. The first-order valence-electron chi connectivity index (χ1n) is 5.75. The van der Waals surface area contributed by atoms with Gasteiger partial charge in [0.2, 0.25) is 0 Å². The number of nitrogens with two attached hydrogens (primary N) is 1. The highest BCUT2D eigenvalue weighted by atomic mass is 16.3. The molecule has 0 amide bonds. The second kappa shape index (κ2) is 2.71. The van der Waals surface area contributed by atoms with Crippen molar-refractivity contribution in [1.82, 2.24) is 0 Å². The van der Waals surface area contributed by atoms with Gasteiger partial charge in [0.25, 0.3) is 0 Å². The van der Waals surface area contributed by atoms with Gasteiger partial charge in [-0.3, -0.25) is 0 Å². The molecule has 0 saturated heterocycles. The summed E-state index contributed by atoms with van der Waals surface area (Å²) in [5.41, 5.74) is 6.35. The SMILES string of the molecule is NC1C2CCC(C2)C12CC(O)[C@@H](O)C2. The molecule has 3 nitrogen and oxygen atoms in total. The molecule has 0 aromatic rings. The van der Waals surface area contributed by atoms with Crippen molar-refractivity contribution < 1.29 is 10.2 Å². The summed E-state index contributed by atoms with van der Waals surface area (Å²) in [6, 6.07) is 0.230. The molecule has 6 atom stereocenters. The predicted molar refractivity (Wildman–Crippen MR) is 52.5 cm³/mol. The lowest BCUT2D eigenvalue weighted by molar-refractivity contribution is 0.0438. The molecule has 0 heterocycles. The number of fused-ring (bicyclic) bond motifs is 3. The minimum absolute atomic E-state index is 0.0851. The molecule has 3 fully saturated rings. The van der Waals surface area contributed by atoms with E-state index in [0.29, 0.717) is 11.8 Å². The van der Waals surface area contributed by atoms with Crippen molar-refractivity contribution in [2.45, 2.75) is 50.4 Å². The lowest BCUT2D eigenvalue weighted by atomic mass is 9.69. The van der Waals surface area contributed by atoms with Gasteiger partial charge in [0.05, 0.1) is 12.2 Å². The van der Waals surface area contributed by atoms with Crippen molar-refractivity contribution in [3.05, 3.63) is 0 Å². The van der Waals surface area contributed by atoms with Crippen LogP contribution >= 0.6 is 0 Å². The second-order valence-corrected chi connectivity index (χ2v) is 5.57. The highest BCUT2D eigenvalue weighted by Crippen LogP contribution is 2.61. The third-order valence-electron chi connectivity index (χ3n) is 5.08. The number of rotatable bonds is 0. The van der Waals surface area contributed by atoms with Gasteiger partial charge in [-0.1, -0.05) is 0 Å². The largest absolute Gasteiger partial charge is 0.390 e. The van der Waals surface area contributed by atoms with E-state index in [0.717, 1.165) is 12.8 Å². The van der Waals surface area contributed by atoms with Crippen LogP contribution in [0.4, 0.5) is 0 Å². The summed E-state index contributed by atoms with van der Waals surface area (Å²) in [6.07, 6.45) is 4.17. The molecule has 3 saturated carbocycles. The van der Waals surface area contributed by atoms with Gasteiger partial charge in [0.15, 0.2) is 0 Å². The van der Waals surface area contributed by atoms with E-state index >= 15 is 0 Å². The minimum Gasteiger partial charge on any atom is -0.390 e. The zero-order chi connectivity index (χ0) is 9.92. The van der Waals surface area contributed by atoms with E-state index in [4.69, 9.17) is 5.73 Å². The Morgan fingerprint density at radius 1 is 1.07 bits per heavy atom. The van der Waals surface area contributed by atoms with E-state index in [1.54, 1.807) is 0 Å². The zero-order valence-electron chi connectivity index (χ0n) is 8.39. The highest BCUT2D eigenvalue weighted by Gasteiger charge is 2.60. The Labute approximate surface area is 84.3 Å². The van der Waals surface area contributed by atoms with E-state index in [1.807, 2.05) is 0 Å². The zero-order valence-corrected chi connectivity index (χ0v) is 8.39. The smallest absolute Gasteiger partial charge is 0.0805 e. The molecule has 0 aromatic carbocycles. The van der Waals surface area contributed by atoms with Crippen LogP contribution in [0.15, 0.2) is 0 Å². The number of hydrogen-bond acceptors (Lipinski definition) is 3. The molecule has 80 valence electrons. The van der Waals surface area contributed by atoms with Gasteiger partial charge in [-0.15, -0.1) is 0 Å². The first kappa shape index (κ1) is 9.13. The van der Waals surface area contributed by atoms with Crippen LogP contribution in [0.3, 0.4) is 0 Å². The molecule has 2 bridgehead atoms. The molecule has 3 heteroatoms. The van der Waals surface area contributed by atoms with Gasteiger partial charge in [-0.25, -0.2) is 0 Å². The first-order chi connectivity index (χ1) is 6.63. The summed E-state index contributed by atoms with van der Waals surface area (Å²) in [7, 11) is 0. The lowest BCUT2D eigenvalue weighted by Crippen LogP contribution is -2.45. The molecule has 1 spiro atoms. The third-order valence-corrected chi connectivity index (χ3v) is 5.08. The fourth-order valence-electron chi connectivity index (χ4n) is 4.35. The van der Waals surface area contributed by atoms with Crippen molar-refractivity contribution >= 4 is 0 Å². The van der Waals surface area contributed by atoms with Crippen LogP contribution in [-0.4, -0.2) is 28.5 Å². The van der Waals surface area contributed by atoms with Crippen molar-refractivity contribution in [2.24, 2.45) is 23.0 Å². The van der Waals surface area contributed by atoms with Crippen LogP contribution in [0.25, 0.3) is 0 Å². The van der Waals surface area contributed by atoms with E-state index in [9.17, 15) is 10.2 Å². The van der Waals surface area contributed by atoms with Crippen LogP contribution in [-0.2, 0) is 0 Å². The summed E-state index contributed by atoms with van der Waals surface area (Å²) in [5.74, 6) is 1.34. The van der Waals surface area contributed by atoms with Crippen LogP contribution in [0.5, 0.6) is 0 Å². The Balaban J connectivity index is 1.91. The Bertz CT molecular complexity index is 242. The average Bonchev–Trinajstić information content (AvgIpc) is 2.76. The molecular formula is C11H19NO2. The summed E-state index contributed by atoms with van der Waals surface area (Å²) in [6.45, 7) is 0. The van der Waals surface area contributed by atoms with Crippen LogP contribution < -0.4 is 5.73 Å². The van der Waals surface area contributed by atoms with Gasteiger partial charge in [0, 0.05) is 6.04 Å². The van der Waals surface area contributed by atoms with E-state index in [2.05, 4.69) is 0 Å². The molecule has 5 unspecified atom stereocenters. The monoisotopic (exact) mass is 197 g/mol.